The molecule has 1 aromatic carbocycles. The van der Waals surface area contributed by atoms with Gasteiger partial charge in [0.2, 0.25) is 0 Å². The van der Waals surface area contributed by atoms with Crippen molar-refractivity contribution >= 4 is 54.4 Å². The molecule has 2 nitrogen and oxygen atoms in total. The van der Waals surface area contributed by atoms with Gasteiger partial charge in [-0.2, -0.15) is 0 Å². The molecule has 0 spiro atoms. The molecule has 0 bridgehead atoms. The summed E-state index contributed by atoms with van der Waals surface area (Å²) < 4.78 is 2.34. The van der Waals surface area contributed by atoms with Gasteiger partial charge in [0.25, 0.3) is 0 Å². The summed E-state index contributed by atoms with van der Waals surface area (Å²) in [4.78, 5) is 28.1. The highest BCUT2D eigenvalue weighted by Gasteiger charge is 2.27. The van der Waals surface area contributed by atoms with E-state index < -0.39 is 0 Å². The van der Waals surface area contributed by atoms with E-state index in [1.165, 1.54) is 19.2 Å². The lowest BCUT2D eigenvalue weighted by Gasteiger charge is -2.12. The largest absolute Gasteiger partial charge is 0.294 e. The lowest BCUT2D eigenvalue weighted by molar-refractivity contribution is 0.0958. The number of carbonyl (C=O) groups is 2. The van der Waals surface area contributed by atoms with E-state index in [1.807, 2.05) is 13.8 Å². The molecule has 0 amide bonds. The summed E-state index contributed by atoms with van der Waals surface area (Å²) in [5.74, 6) is 0.144. The molecular weight excluding hydrogens is 336 g/mol. The number of thiophene rings is 2. The third-order valence-electron chi connectivity index (χ3n) is 4.93. The second-order valence-electron chi connectivity index (χ2n) is 6.28. The Morgan fingerprint density at radius 3 is 1.33 bits per heavy atom. The van der Waals surface area contributed by atoms with Gasteiger partial charge in [-0.25, -0.2) is 0 Å². The monoisotopic (exact) mass is 358 g/mol. The minimum absolute atomic E-state index is 0.0721. The van der Waals surface area contributed by atoms with Crippen LogP contribution in [0.2, 0.25) is 0 Å². The Balaban J connectivity index is 2.70. The third-order valence-corrected chi connectivity index (χ3v) is 7.51. The smallest absolute Gasteiger partial charge is 0.164 e. The lowest BCUT2D eigenvalue weighted by atomic mass is 9.89. The van der Waals surface area contributed by atoms with Crippen LogP contribution in [0.5, 0.6) is 0 Å². The first-order chi connectivity index (χ1) is 11.3. The molecule has 0 aliphatic rings. The van der Waals surface area contributed by atoms with Crippen LogP contribution in [0, 0.1) is 27.7 Å². The molecular formula is C20H22O2S2. The topological polar surface area (TPSA) is 34.1 Å². The predicted molar refractivity (Wildman–Crippen MR) is 105 cm³/mol. The molecule has 4 heteroatoms. The van der Waals surface area contributed by atoms with Crippen molar-refractivity contribution in [3.05, 3.63) is 32.0 Å². The van der Waals surface area contributed by atoms with Crippen molar-refractivity contribution in [2.45, 2.75) is 54.4 Å². The molecule has 0 saturated heterocycles. The minimum atomic E-state index is 0.0721. The average Bonchev–Trinajstić information content (AvgIpc) is 3.03. The van der Waals surface area contributed by atoms with E-state index in [0.29, 0.717) is 24.0 Å². The first kappa shape index (κ1) is 17.3. The number of rotatable bonds is 4. The fourth-order valence-electron chi connectivity index (χ4n) is 3.34. The molecule has 0 saturated carbocycles. The molecule has 0 N–H and O–H groups in total. The highest BCUT2D eigenvalue weighted by molar-refractivity contribution is 7.27. The zero-order valence-electron chi connectivity index (χ0n) is 15.0. The highest BCUT2D eigenvalue weighted by atomic mass is 32.1. The van der Waals surface area contributed by atoms with Gasteiger partial charge in [0.1, 0.15) is 0 Å². The summed E-state index contributed by atoms with van der Waals surface area (Å²) in [5, 5.41) is 2.02. The first-order valence-corrected chi connectivity index (χ1v) is 9.98. The molecule has 2 heterocycles. The number of carbonyl (C=O) groups excluding carboxylic acids is 2. The van der Waals surface area contributed by atoms with Crippen molar-refractivity contribution in [3.63, 3.8) is 0 Å². The Hall–Kier alpha value is -1.52. The van der Waals surface area contributed by atoms with Gasteiger partial charge >= 0.3 is 0 Å². The van der Waals surface area contributed by atoms with Crippen LogP contribution in [-0.4, -0.2) is 11.6 Å². The number of hydrogen-bond donors (Lipinski definition) is 0. The summed E-state index contributed by atoms with van der Waals surface area (Å²) >= 11 is 3.49. The van der Waals surface area contributed by atoms with E-state index >= 15 is 0 Å². The van der Waals surface area contributed by atoms with Gasteiger partial charge in [-0.1, -0.05) is 13.8 Å². The van der Waals surface area contributed by atoms with E-state index in [2.05, 4.69) is 27.7 Å². The maximum atomic E-state index is 12.8. The van der Waals surface area contributed by atoms with Crippen LogP contribution in [0.1, 0.15) is 68.3 Å². The van der Waals surface area contributed by atoms with Crippen LogP contribution in [0.15, 0.2) is 0 Å². The lowest BCUT2D eigenvalue weighted by Crippen LogP contribution is -2.10. The first-order valence-electron chi connectivity index (χ1n) is 8.35. The van der Waals surface area contributed by atoms with Gasteiger partial charge in [-0.05, 0) is 38.8 Å². The molecule has 24 heavy (non-hydrogen) atoms. The molecule has 0 aliphatic heterocycles. The van der Waals surface area contributed by atoms with E-state index in [1.54, 1.807) is 22.7 Å². The Morgan fingerprint density at radius 1 is 0.708 bits per heavy atom. The van der Waals surface area contributed by atoms with E-state index in [4.69, 9.17) is 0 Å². The van der Waals surface area contributed by atoms with Gasteiger partial charge in [-0.3, -0.25) is 9.59 Å². The van der Waals surface area contributed by atoms with Crippen LogP contribution in [-0.2, 0) is 0 Å². The number of benzene rings is 1. The standard InChI is InChI=1S/C20H22O2S2/c1-7-13(21)17-15-9(3)11(5)23-19(15)20-16(10(4)12(6)24-20)18(17)14(22)8-2/h7-8H2,1-6H3. The van der Waals surface area contributed by atoms with Crippen molar-refractivity contribution in [2.75, 3.05) is 0 Å². The molecule has 0 unspecified atom stereocenters. The third kappa shape index (κ3) is 2.27. The number of ketones is 2. The van der Waals surface area contributed by atoms with Gasteiger partial charge in [0, 0.05) is 44.5 Å². The maximum Gasteiger partial charge on any atom is 0.164 e. The molecule has 0 aliphatic carbocycles. The Labute approximate surface area is 150 Å². The van der Waals surface area contributed by atoms with Crippen molar-refractivity contribution in [2.24, 2.45) is 0 Å². The SMILES string of the molecule is CCC(=O)c1c(C(=O)CC)c2c(C)c(C)sc2c2sc(C)c(C)c12. The number of fused-ring (bicyclic) bond motifs is 3. The summed E-state index contributed by atoms with van der Waals surface area (Å²) in [7, 11) is 0. The fraction of sp³-hybridized carbons (Fsp3) is 0.400. The quantitative estimate of drug-likeness (QED) is 0.496. The highest BCUT2D eigenvalue weighted by Crippen LogP contribution is 2.46. The molecule has 2 aromatic heterocycles. The summed E-state index contributed by atoms with van der Waals surface area (Å²) in [6, 6.07) is 0. The van der Waals surface area contributed by atoms with Crippen LogP contribution < -0.4 is 0 Å². The van der Waals surface area contributed by atoms with Crippen LogP contribution in [0.25, 0.3) is 20.2 Å². The van der Waals surface area contributed by atoms with Crippen LogP contribution >= 0.6 is 22.7 Å². The second kappa shape index (κ2) is 6.08. The number of hydrogen-bond acceptors (Lipinski definition) is 4. The Kier molecular flexibility index (Phi) is 4.39. The fourth-order valence-corrected chi connectivity index (χ4v) is 5.81. The summed E-state index contributed by atoms with van der Waals surface area (Å²) in [5.41, 5.74) is 3.61. The van der Waals surface area contributed by atoms with Crippen molar-refractivity contribution in [1.82, 2.24) is 0 Å². The van der Waals surface area contributed by atoms with Crippen LogP contribution in [0.4, 0.5) is 0 Å². The van der Waals surface area contributed by atoms with Gasteiger partial charge in [0.15, 0.2) is 11.6 Å². The maximum absolute atomic E-state index is 12.8. The zero-order valence-corrected chi connectivity index (χ0v) is 16.7. The predicted octanol–water partition coefficient (Wildman–Crippen LogP) is 6.54. The van der Waals surface area contributed by atoms with Crippen molar-refractivity contribution < 1.29 is 9.59 Å². The zero-order chi connectivity index (χ0) is 17.8. The van der Waals surface area contributed by atoms with Gasteiger partial charge in [0.05, 0.1) is 9.40 Å². The molecule has 126 valence electrons. The van der Waals surface area contributed by atoms with Crippen LogP contribution in [0.3, 0.4) is 0 Å². The van der Waals surface area contributed by atoms with Gasteiger partial charge < -0.3 is 0 Å². The second-order valence-corrected chi connectivity index (χ2v) is 8.73. The normalized spacial score (nSPS) is 11.6. The Morgan fingerprint density at radius 2 is 1.04 bits per heavy atom. The van der Waals surface area contributed by atoms with E-state index in [0.717, 1.165) is 21.9 Å². The van der Waals surface area contributed by atoms with Gasteiger partial charge in [-0.15, -0.1) is 22.7 Å². The molecule has 0 fully saturated rings. The Bertz CT molecular complexity index is 921. The van der Waals surface area contributed by atoms with E-state index in [-0.39, 0.29) is 11.6 Å². The molecule has 3 aromatic rings. The minimum Gasteiger partial charge on any atom is -0.294 e. The average molecular weight is 359 g/mol. The number of aryl methyl sites for hydroxylation is 4. The summed E-state index contributed by atoms with van der Waals surface area (Å²) in [6.45, 7) is 12.1. The molecule has 0 radical (unpaired) electrons. The van der Waals surface area contributed by atoms with Crippen molar-refractivity contribution in [1.29, 1.82) is 0 Å². The van der Waals surface area contributed by atoms with E-state index in [9.17, 15) is 9.59 Å². The molecule has 3 rings (SSSR count). The van der Waals surface area contributed by atoms with Crippen molar-refractivity contribution in [3.8, 4) is 0 Å². The summed E-state index contributed by atoms with van der Waals surface area (Å²) in [6.07, 6.45) is 0.836. The molecule has 0 atom stereocenters. The number of Topliss-reactive ketones (excluding diaryl/α,β-unsaturated/α-hetero) is 2.